The lowest BCUT2D eigenvalue weighted by molar-refractivity contribution is -0.384. The lowest BCUT2D eigenvalue weighted by atomic mass is 10.1. The summed E-state index contributed by atoms with van der Waals surface area (Å²) in [6.45, 7) is 1.39. The first-order valence-corrected chi connectivity index (χ1v) is 8.50. The average molecular weight is 403 g/mol. The van der Waals surface area contributed by atoms with Crippen LogP contribution in [0.2, 0.25) is 0 Å². The van der Waals surface area contributed by atoms with Crippen molar-refractivity contribution >= 4 is 28.9 Å². The molecule has 0 fully saturated rings. The molecule has 1 atom stereocenters. The predicted molar refractivity (Wildman–Crippen MR) is 106 cm³/mol. The summed E-state index contributed by atoms with van der Waals surface area (Å²) in [5, 5.41) is 16.4. The van der Waals surface area contributed by atoms with Gasteiger partial charge in [0.15, 0.2) is 6.10 Å². The molecule has 1 unspecified atom stereocenters. The van der Waals surface area contributed by atoms with Gasteiger partial charge in [-0.2, -0.15) is 0 Å². The van der Waals surface area contributed by atoms with Gasteiger partial charge in [-0.3, -0.25) is 14.9 Å². The van der Waals surface area contributed by atoms with E-state index in [4.69, 9.17) is 14.2 Å². The summed E-state index contributed by atoms with van der Waals surface area (Å²) >= 11 is 0. The minimum Gasteiger partial charge on any atom is -0.497 e. The summed E-state index contributed by atoms with van der Waals surface area (Å²) in [5.74, 6) is -0.569. The average Bonchev–Trinajstić information content (AvgIpc) is 2.72. The van der Waals surface area contributed by atoms with E-state index in [1.165, 1.54) is 40.3 Å². The quantitative estimate of drug-likeness (QED) is 0.391. The molecule has 0 radical (unpaired) electrons. The van der Waals surface area contributed by atoms with E-state index >= 15 is 0 Å². The van der Waals surface area contributed by atoms with Crippen molar-refractivity contribution < 1.29 is 28.7 Å². The summed E-state index contributed by atoms with van der Waals surface area (Å²) in [6, 6.07) is 8.69. The van der Waals surface area contributed by atoms with E-state index in [1.54, 1.807) is 18.2 Å². The fraction of sp³-hybridized carbons (Fsp3) is 0.263. The van der Waals surface area contributed by atoms with Crippen molar-refractivity contribution in [1.29, 1.82) is 0 Å². The summed E-state index contributed by atoms with van der Waals surface area (Å²) in [7, 11) is 4.46. The second kappa shape index (κ2) is 9.40. The Kier molecular flexibility index (Phi) is 6.96. The van der Waals surface area contributed by atoms with Gasteiger partial charge in [0.1, 0.15) is 17.2 Å². The molecule has 1 amide bonds. The Balaban J connectivity index is 2.13. The van der Waals surface area contributed by atoms with Gasteiger partial charge in [-0.15, -0.1) is 0 Å². The molecule has 29 heavy (non-hydrogen) atoms. The van der Waals surface area contributed by atoms with Crippen LogP contribution in [0.15, 0.2) is 36.4 Å². The predicted octanol–water partition coefficient (Wildman–Crippen LogP) is 2.84. The minimum atomic E-state index is -1.17. The number of hydrogen-bond acceptors (Lipinski definition) is 8. The zero-order valence-electron chi connectivity index (χ0n) is 16.3. The second-order valence-corrected chi connectivity index (χ2v) is 5.84. The van der Waals surface area contributed by atoms with Crippen LogP contribution in [0.1, 0.15) is 17.3 Å². The molecule has 0 heterocycles. The molecule has 0 spiro atoms. The van der Waals surface area contributed by atoms with Gasteiger partial charge in [0.25, 0.3) is 11.6 Å². The molecule has 0 aliphatic carbocycles. The van der Waals surface area contributed by atoms with Crippen molar-refractivity contribution in [2.75, 3.05) is 31.9 Å². The first-order valence-electron chi connectivity index (χ1n) is 8.50. The summed E-state index contributed by atoms with van der Waals surface area (Å²) < 4.78 is 15.4. The largest absolute Gasteiger partial charge is 0.497 e. The van der Waals surface area contributed by atoms with Gasteiger partial charge in [-0.05, 0) is 31.2 Å². The van der Waals surface area contributed by atoms with Gasteiger partial charge in [0.05, 0.1) is 30.4 Å². The number of carbonyl (C=O) groups excluding carboxylic acids is 2. The number of nitro benzene ring substituents is 1. The summed E-state index contributed by atoms with van der Waals surface area (Å²) in [4.78, 5) is 35.3. The van der Waals surface area contributed by atoms with Crippen molar-refractivity contribution in [3.63, 3.8) is 0 Å². The van der Waals surface area contributed by atoms with E-state index < -0.39 is 22.9 Å². The van der Waals surface area contributed by atoms with Crippen LogP contribution >= 0.6 is 0 Å². The number of amides is 1. The number of esters is 1. The lowest BCUT2D eigenvalue weighted by Gasteiger charge is -2.16. The Bertz CT molecular complexity index is 930. The maximum atomic E-state index is 12.4. The first-order chi connectivity index (χ1) is 13.8. The maximum absolute atomic E-state index is 12.4. The normalized spacial score (nSPS) is 11.2. The summed E-state index contributed by atoms with van der Waals surface area (Å²) in [6.07, 6.45) is -1.17. The first kappa shape index (κ1) is 21.5. The highest BCUT2D eigenvalue weighted by molar-refractivity contribution is 5.98. The van der Waals surface area contributed by atoms with Gasteiger partial charge in [0, 0.05) is 19.2 Å². The molecule has 154 valence electrons. The highest BCUT2D eigenvalue weighted by Gasteiger charge is 2.23. The molecule has 0 aliphatic heterocycles. The van der Waals surface area contributed by atoms with Gasteiger partial charge in [0.2, 0.25) is 0 Å². The number of anilines is 2. The van der Waals surface area contributed by atoms with Crippen LogP contribution in [0.25, 0.3) is 0 Å². The third kappa shape index (κ3) is 5.12. The second-order valence-electron chi connectivity index (χ2n) is 5.84. The molecule has 2 rings (SSSR count). The Labute approximate surface area is 166 Å². The molecule has 10 heteroatoms. The van der Waals surface area contributed by atoms with Gasteiger partial charge in [-0.25, -0.2) is 4.79 Å². The number of ether oxygens (including phenoxy) is 3. The number of nitrogens with one attached hydrogen (secondary N) is 2. The molecule has 0 bridgehead atoms. The third-order valence-electron chi connectivity index (χ3n) is 4.02. The van der Waals surface area contributed by atoms with Crippen molar-refractivity contribution in [2.24, 2.45) is 0 Å². The Morgan fingerprint density at radius 2 is 1.79 bits per heavy atom. The minimum absolute atomic E-state index is 0.0469. The molecule has 2 aromatic rings. The topological polar surface area (TPSA) is 129 Å². The van der Waals surface area contributed by atoms with Gasteiger partial charge in [-0.1, -0.05) is 0 Å². The Morgan fingerprint density at radius 1 is 1.07 bits per heavy atom. The van der Waals surface area contributed by atoms with Gasteiger partial charge >= 0.3 is 5.97 Å². The number of nitrogens with zero attached hydrogens (tertiary/aromatic N) is 1. The van der Waals surface area contributed by atoms with E-state index in [-0.39, 0.29) is 16.9 Å². The summed E-state index contributed by atoms with van der Waals surface area (Å²) in [5.41, 5.74) is 0.269. The fourth-order valence-electron chi connectivity index (χ4n) is 2.45. The Hall–Kier alpha value is -3.82. The van der Waals surface area contributed by atoms with Crippen LogP contribution in [-0.4, -0.2) is 44.2 Å². The number of hydrogen-bond donors (Lipinski definition) is 2. The molecule has 10 nitrogen and oxygen atoms in total. The number of nitro groups is 1. The van der Waals surface area contributed by atoms with E-state index in [9.17, 15) is 19.7 Å². The fourth-order valence-corrected chi connectivity index (χ4v) is 2.45. The molecular formula is C19H21N3O7. The molecule has 2 N–H and O–H groups in total. The number of carbonyl (C=O) groups is 2. The van der Waals surface area contributed by atoms with Crippen molar-refractivity contribution in [1.82, 2.24) is 0 Å². The molecule has 0 aromatic heterocycles. The van der Waals surface area contributed by atoms with Crippen LogP contribution in [0.5, 0.6) is 11.5 Å². The van der Waals surface area contributed by atoms with Crippen LogP contribution in [0.4, 0.5) is 17.1 Å². The zero-order chi connectivity index (χ0) is 21.6. The lowest BCUT2D eigenvalue weighted by Crippen LogP contribution is -2.30. The third-order valence-corrected chi connectivity index (χ3v) is 4.02. The molecule has 0 saturated carbocycles. The molecule has 0 aliphatic rings. The zero-order valence-corrected chi connectivity index (χ0v) is 16.3. The molecule has 0 saturated heterocycles. The van der Waals surface area contributed by atoms with Crippen LogP contribution in [0.3, 0.4) is 0 Å². The standard InChI is InChI=1S/C19H21N3O7/c1-11(18(23)21-15-10-13(27-3)6-8-17(15)28-4)29-19(24)12-5-7-14(20-2)16(9-12)22(25)26/h5-11,20H,1-4H3,(H,21,23). The number of methoxy groups -OCH3 is 2. The van der Waals surface area contributed by atoms with Crippen molar-refractivity contribution in [3.8, 4) is 11.5 Å². The molecule has 2 aromatic carbocycles. The van der Waals surface area contributed by atoms with Crippen LogP contribution < -0.4 is 20.1 Å². The van der Waals surface area contributed by atoms with Crippen molar-refractivity contribution in [3.05, 3.63) is 52.1 Å². The van der Waals surface area contributed by atoms with Gasteiger partial charge < -0.3 is 24.8 Å². The maximum Gasteiger partial charge on any atom is 0.339 e. The number of rotatable bonds is 8. The number of benzene rings is 2. The van der Waals surface area contributed by atoms with E-state index in [0.29, 0.717) is 17.2 Å². The highest BCUT2D eigenvalue weighted by atomic mass is 16.6. The van der Waals surface area contributed by atoms with Crippen LogP contribution in [0, 0.1) is 10.1 Å². The van der Waals surface area contributed by atoms with E-state index in [2.05, 4.69) is 10.6 Å². The monoisotopic (exact) mass is 403 g/mol. The van der Waals surface area contributed by atoms with E-state index in [0.717, 1.165) is 6.07 Å². The van der Waals surface area contributed by atoms with Crippen molar-refractivity contribution in [2.45, 2.75) is 13.0 Å². The highest BCUT2D eigenvalue weighted by Crippen LogP contribution is 2.29. The van der Waals surface area contributed by atoms with Crippen LogP contribution in [-0.2, 0) is 9.53 Å². The Morgan fingerprint density at radius 3 is 2.38 bits per heavy atom. The van der Waals surface area contributed by atoms with E-state index in [1.807, 2.05) is 0 Å². The molecular weight excluding hydrogens is 382 g/mol. The smallest absolute Gasteiger partial charge is 0.339 e. The SMILES string of the molecule is CNc1ccc(C(=O)OC(C)C(=O)Nc2cc(OC)ccc2OC)cc1[N+](=O)[O-].